The molecule has 3 N–H and O–H groups in total. The quantitative estimate of drug-likeness (QED) is 0.170. The van der Waals surface area contributed by atoms with E-state index in [1.165, 1.54) is 28.3 Å². The first kappa shape index (κ1) is 28.7. The van der Waals surface area contributed by atoms with Crippen molar-refractivity contribution in [1.29, 1.82) is 0 Å². The molecule has 2 aliphatic heterocycles. The molecule has 5 aromatic carbocycles. The SMILES string of the molecule is O=C(OCc1ccccc1)N1CCC[C@H]1c1nc2ccc(-c3ccc4cc(-c5ccc6nc([C@@H]7CCCN7)[nH]c6c5)ccc4c3)cc2[nH]1. The number of carbonyl (C=O) groups excluding carboxylic acids is 1. The molecule has 48 heavy (non-hydrogen) atoms. The van der Waals surface area contributed by atoms with Gasteiger partial charge >= 0.3 is 6.09 Å². The Bertz CT molecular complexity index is 2280. The van der Waals surface area contributed by atoms with Gasteiger partial charge in [-0.15, -0.1) is 0 Å². The average molecular weight is 633 g/mol. The summed E-state index contributed by atoms with van der Waals surface area (Å²) >= 11 is 0. The maximum atomic E-state index is 13.0. The van der Waals surface area contributed by atoms with Crippen LogP contribution in [0.3, 0.4) is 0 Å². The number of H-pyrrole nitrogens is 2. The average Bonchev–Trinajstić information content (AvgIpc) is 3.96. The van der Waals surface area contributed by atoms with Crippen molar-refractivity contribution in [3.63, 3.8) is 0 Å². The summed E-state index contributed by atoms with van der Waals surface area (Å²) in [5, 5.41) is 5.92. The van der Waals surface area contributed by atoms with Crippen LogP contribution < -0.4 is 5.32 Å². The van der Waals surface area contributed by atoms with Crippen molar-refractivity contribution < 1.29 is 9.53 Å². The molecule has 2 atom stereocenters. The van der Waals surface area contributed by atoms with E-state index in [1.807, 2.05) is 30.3 Å². The van der Waals surface area contributed by atoms with Gasteiger partial charge in [0.2, 0.25) is 0 Å². The summed E-state index contributed by atoms with van der Waals surface area (Å²) in [5.74, 6) is 1.84. The van der Waals surface area contributed by atoms with Gasteiger partial charge in [-0.2, -0.15) is 0 Å². The maximum absolute atomic E-state index is 13.0. The van der Waals surface area contributed by atoms with Gasteiger partial charge in [-0.1, -0.05) is 66.7 Å². The van der Waals surface area contributed by atoms with E-state index in [2.05, 4.69) is 88.1 Å². The van der Waals surface area contributed by atoms with Crippen LogP contribution in [0.5, 0.6) is 0 Å². The van der Waals surface area contributed by atoms with Crippen LogP contribution >= 0.6 is 0 Å². The Hall–Kier alpha value is -5.47. The van der Waals surface area contributed by atoms with E-state index in [9.17, 15) is 4.79 Å². The number of aromatic nitrogens is 4. The van der Waals surface area contributed by atoms with Gasteiger partial charge in [-0.05, 0) is 107 Å². The molecule has 2 aromatic heterocycles. The van der Waals surface area contributed by atoms with E-state index >= 15 is 0 Å². The second kappa shape index (κ2) is 12.0. The Balaban J connectivity index is 0.938. The Morgan fingerprint density at radius 3 is 2.00 bits per heavy atom. The molecular weight excluding hydrogens is 596 g/mol. The molecule has 2 fully saturated rings. The molecular formula is C40H36N6O2. The minimum atomic E-state index is -0.297. The van der Waals surface area contributed by atoms with Crippen LogP contribution in [0.4, 0.5) is 4.79 Å². The lowest BCUT2D eigenvalue weighted by Gasteiger charge is -2.22. The minimum Gasteiger partial charge on any atom is -0.445 e. The Labute approximate surface area is 278 Å². The molecule has 1 amide bonds. The fourth-order valence-corrected chi connectivity index (χ4v) is 7.34. The number of nitrogens with one attached hydrogen (secondary N) is 3. The minimum absolute atomic E-state index is 0.126. The lowest BCUT2D eigenvalue weighted by Crippen LogP contribution is -2.31. The first-order valence-electron chi connectivity index (χ1n) is 16.9. The number of amides is 1. The number of likely N-dealkylation sites (tertiary alicyclic amines) is 1. The van der Waals surface area contributed by atoms with Gasteiger partial charge in [0.25, 0.3) is 0 Å². The first-order valence-corrected chi connectivity index (χ1v) is 16.9. The summed E-state index contributed by atoms with van der Waals surface area (Å²) < 4.78 is 5.66. The number of aromatic amines is 2. The van der Waals surface area contributed by atoms with Crippen molar-refractivity contribution in [2.45, 2.75) is 44.4 Å². The second-order valence-electron chi connectivity index (χ2n) is 13.0. The van der Waals surface area contributed by atoms with E-state index in [0.717, 1.165) is 76.2 Å². The van der Waals surface area contributed by atoms with Crippen LogP contribution in [0, 0.1) is 0 Å². The normalized spacial score (nSPS) is 18.0. The third kappa shape index (κ3) is 5.38. The highest BCUT2D eigenvalue weighted by atomic mass is 16.6. The zero-order chi connectivity index (χ0) is 32.0. The van der Waals surface area contributed by atoms with E-state index in [4.69, 9.17) is 14.7 Å². The van der Waals surface area contributed by atoms with Crippen molar-refractivity contribution in [2.24, 2.45) is 0 Å². The molecule has 7 aromatic rings. The van der Waals surface area contributed by atoms with Crippen LogP contribution in [-0.4, -0.2) is 44.0 Å². The standard InChI is InChI=1S/C40H36N6O2/c47-40(48-24-25-6-2-1-3-7-25)46-19-5-9-37(46)39-43-33-17-15-31(23-36(33)45-39)29-13-11-26-20-28(12-10-27(26)21-29)30-14-16-32-35(22-30)44-38(42-32)34-8-4-18-41-34/h1-3,6-7,10-17,20-23,34,37,41H,4-5,8-9,18-19,24H2,(H,42,44)(H,43,45)/t34-,37-/m0/s1. The lowest BCUT2D eigenvalue weighted by molar-refractivity contribution is 0.0910. The van der Waals surface area contributed by atoms with Gasteiger partial charge in [0.05, 0.1) is 34.2 Å². The third-order valence-corrected chi connectivity index (χ3v) is 9.91. The van der Waals surface area contributed by atoms with E-state index < -0.39 is 0 Å². The Morgan fingerprint density at radius 1 is 0.708 bits per heavy atom. The number of carbonyl (C=O) groups is 1. The van der Waals surface area contributed by atoms with Crippen molar-refractivity contribution in [3.05, 3.63) is 120 Å². The van der Waals surface area contributed by atoms with E-state index in [1.54, 1.807) is 4.90 Å². The van der Waals surface area contributed by atoms with Crippen LogP contribution in [-0.2, 0) is 11.3 Å². The van der Waals surface area contributed by atoms with Crippen molar-refractivity contribution >= 4 is 38.9 Å². The van der Waals surface area contributed by atoms with Gasteiger partial charge in [0.15, 0.2) is 0 Å². The summed E-state index contributed by atoms with van der Waals surface area (Å²) in [7, 11) is 0. The number of hydrogen-bond acceptors (Lipinski definition) is 5. The third-order valence-electron chi connectivity index (χ3n) is 9.91. The predicted octanol–water partition coefficient (Wildman–Crippen LogP) is 8.82. The van der Waals surface area contributed by atoms with Gasteiger partial charge < -0.3 is 20.0 Å². The molecule has 8 nitrogen and oxygen atoms in total. The highest BCUT2D eigenvalue weighted by Crippen LogP contribution is 2.35. The van der Waals surface area contributed by atoms with Crippen molar-refractivity contribution in [2.75, 3.05) is 13.1 Å². The number of ether oxygens (including phenoxy) is 1. The van der Waals surface area contributed by atoms with Crippen molar-refractivity contribution in [3.8, 4) is 22.3 Å². The number of nitrogens with zero attached hydrogens (tertiary/aromatic N) is 3. The lowest BCUT2D eigenvalue weighted by atomic mass is 9.97. The zero-order valence-corrected chi connectivity index (χ0v) is 26.6. The molecule has 0 unspecified atom stereocenters. The molecule has 0 saturated carbocycles. The Kier molecular flexibility index (Phi) is 7.16. The smallest absolute Gasteiger partial charge is 0.410 e. The topological polar surface area (TPSA) is 98.9 Å². The highest BCUT2D eigenvalue weighted by Gasteiger charge is 2.33. The van der Waals surface area contributed by atoms with E-state index in [-0.39, 0.29) is 18.7 Å². The first-order chi connectivity index (χ1) is 23.6. The Morgan fingerprint density at radius 2 is 1.33 bits per heavy atom. The largest absolute Gasteiger partial charge is 0.445 e. The molecule has 0 spiro atoms. The molecule has 238 valence electrons. The summed E-state index contributed by atoms with van der Waals surface area (Å²) in [5.41, 5.74) is 9.54. The van der Waals surface area contributed by atoms with Gasteiger partial charge in [0.1, 0.15) is 18.3 Å². The molecule has 0 bridgehead atoms. The molecule has 9 rings (SSSR count). The summed E-state index contributed by atoms with van der Waals surface area (Å²) in [6, 6.07) is 36.1. The van der Waals surface area contributed by atoms with Crippen LogP contribution in [0.15, 0.2) is 103 Å². The predicted molar refractivity (Wildman–Crippen MR) is 189 cm³/mol. The monoisotopic (exact) mass is 632 g/mol. The fourth-order valence-electron chi connectivity index (χ4n) is 7.34. The van der Waals surface area contributed by atoms with Crippen LogP contribution in [0.25, 0.3) is 55.1 Å². The number of fused-ring (bicyclic) bond motifs is 3. The zero-order valence-electron chi connectivity index (χ0n) is 26.6. The molecule has 0 radical (unpaired) electrons. The molecule has 8 heteroatoms. The second-order valence-corrected chi connectivity index (χ2v) is 13.0. The molecule has 4 heterocycles. The summed E-state index contributed by atoms with van der Waals surface area (Å²) in [4.78, 5) is 31.6. The van der Waals surface area contributed by atoms with Gasteiger partial charge in [-0.25, -0.2) is 14.8 Å². The fraction of sp³-hybridized carbons (Fsp3) is 0.225. The molecule has 2 saturated heterocycles. The number of imidazole rings is 2. The van der Waals surface area contributed by atoms with Gasteiger partial charge in [0, 0.05) is 6.54 Å². The van der Waals surface area contributed by atoms with Crippen LogP contribution in [0.1, 0.15) is 55.0 Å². The summed E-state index contributed by atoms with van der Waals surface area (Å²) in [6.07, 6.45) is 3.80. The van der Waals surface area contributed by atoms with Crippen LogP contribution in [0.2, 0.25) is 0 Å². The number of hydrogen-bond donors (Lipinski definition) is 3. The maximum Gasteiger partial charge on any atom is 0.410 e. The number of rotatable bonds is 6. The summed E-state index contributed by atoms with van der Waals surface area (Å²) in [6.45, 7) is 1.98. The van der Waals surface area contributed by atoms with Crippen molar-refractivity contribution in [1.82, 2.24) is 30.2 Å². The van der Waals surface area contributed by atoms with Gasteiger partial charge in [-0.3, -0.25) is 4.90 Å². The number of benzene rings is 5. The highest BCUT2D eigenvalue weighted by molar-refractivity contribution is 5.93. The molecule has 0 aliphatic carbocycles. The van der Waals surface area contributed by atoms with E-state index in [0.29, 0.717) is 12.6 Å². The molecule has 2 aliphatic rings.